The third-order valence-electron chi connectivity index (χ3n) is 2.40. The number of halogens is 2. The molecule has 1 aromatic rings. The van der Waals surface area contributed by atoms with E-state index in [2.05, 4.69) is 73.7 Å². The Balaban J connectivity index is 0.000000301. The van der Waals surface area contributed by atoms with Gasteiger partial charge in [-0.2, -0.15) is 0 Å². The van der Waals surface area contributed by atoms with Gasteiger partial charge < -0.3 is 0 Å². The summed E-state index contributed by atoms with van der Waals surface area (Å²) < 4.78 is 0. The van der Waals surface area contributed by atoms with Crippen LogP contribution in [0.4, 0.5) is 0 Å². The van der Waals surface area contributed by atoms with Crippen LogP contribution >= 0.6 is 50.1 Å². The second-order valence-electron chi connectivity index (χ2n) is 3.89. The fourth-order valence-electron chi connectivity index (χ4n) is 1.53. The zero-order chi connectivity index (χ0) is 14.0. The average molecular weight is 531 g/mol. The van der Waals surface area contributed by atoms with Crippen LogP contribution in [0.25, 0.3) is 0 Å². The van der Waals surface area contributed by atoms with Crippen molar-refractivity contribution in [3.63, 3.8) is 0 Å². The van der Waals surface area contributed by atoms with E-state index in [1.54, 1.807) is 0 Å². The van der Waals surface area contributed by atoms with Gasteiger partial charge in [0.2, 0.25) is 0 Å². The van der Waals surface area contributed by atoms with Crippen LogP contribution in [-0.2, 0) is 8.26 Å². The Kier molecular flexibility index (Phi) is 12.6. The van der Waals surface area contributed by atoms with Gasteiger partial charge in [0.05, 0.1) is 5.30 Å². The van der Waals surface area contributed by atoms with Crippen LogP contribution in [-0.4, -0.2) is 0 Å². The Labute approximate surface area is 142 Å². The Morgan fingerprint density at radius 1 is 0.889 bits per heavy atom. The maximum absolute atomic E-state index is 2.24. The summed E-state index contributed by atoms with van der Waals surface area (Å²) in [5, 5.41) is 1.45. The van der Waals surface area contributed by atoms with E-state index < -0.39 is 0 Å². The van der Waals surface area contributed by atoms with E-state index in [0.717, 1.165) is 0 Å². The molecule has 1 atom stereocenters. The van der Waals surface area contributed by atoms with Crippen LogP contribution in [0.5, 0.6) is 0 Å². The topological polar surface area (TPSA) is 0 Å². The molecule has 0 N–H and O–H groups in total. The van der Waals surface area contributed by atoms with Gasteiger partial charge >= 0.3 is 49.1 Å². The second kappa shape index (κ2) is 11.9. The number of hydrogen-bond acceptors (Lipinski definition) is 0. The standard InChI is InChI=1S/C9H13P.C5H5.Co.2HI/c1-6-4-7(2)9(10)8(3)5-6;1-2-4-5-3-1;;;/h4-5H,10H2,1-3H3;1-5H;;2*1H/q;;+2;;/p-1. The van der Waals surface area contributed by atoms with Crippen LogP contribution in [0.3, 0.4) is 0 Å². The van der Waals surface area contributed by atoms with Crippen LogP contribution in [0, 0.1) is 27.2 Å². The monoisotopic (exact) mass is 531 g/mol. The van der Waals surface area contributed by atoms with Crippen molar-refractivity contribution >= 4 is 55.4 Å². The second-order valence-corrected chi connectivity index (χ2v) is 13.4. The van der Waals surface area contributed by atoms with Crippen LogP contribution in [0.2, 0.25) is 0 Å². The zero-order valence-electron chi connectivity index (χ0n) is 10.8. The van der Waals surface area contributed by atoms with E-state index in [9.17, 15) is 0 Å². The molecular weight excluding hydrogens is 512 g/mol. The molecule has 0 spiro atoms. The Morgan fingerprint density at radius 3 is 1.56 bits per heavy atom. The predicted octanol–water partition coefficient (Wildman–Crippen LogP) is 4.93. The molecule has 2 rings (SSSR count). The van der Waals surface area contributed by atoms with E-state index in [4.69, 9.17) is 0 Å². The van der Waals surface area contributed by atoms with Crippen molar-refractivity contribution in [2.24, 2.45) is 0 Å². The molecule has 1 aliphatic carbocycles. The van der Waals surface area contributed by atoms with E-state index in [0.29, 0.717) is 0 Å². The fourth-order valence-corrected chi connectivity index (χ4v) is 1.73. The fraction of sp³-hybridized carbons (Fsp3) is 0.214. The number of allylic oxidation sites excluding steroid dienone is 4. The van der Waals surface area contributed by atoms with Gasteiger partial charge in [0.1, 0.15) is 0 Å². The Bertz CT molecular complexity index is 381. The van der Waals surface area contributed by atoms with Crippen molar-refractivity contribution in [3.05, 3.63) is 59.5 Å². The van der Waals surface area contributed by atoms with Crippen LogP contribution in [0.15, 0.2) is 36.4 Å². The first-order valence-corrected chi connectivity index (χ1v) is 12.9. The summed E-state index contributed by atoms with van der Waals surface area (Å²) in [4.78, 5) is 0. The van der Waals surface area contributed by atoms with Crippen molar-refractivity contribution in [3.8, 4) is 0 Å². The van der Waals surface area contributed by atoms with Crippen LogP contribution in [0.1, 0.15) is 16.7 Å². The molecule has 1 aromatic carbocycles. The van der Waals surface area contributed by atoms with Gasteiger partial charge in [0.25, 0.3) is 0 Å². The third kappa shape index (κ3) is 9.07. The quantitative estimate of drug-likeness (QED) is 0.330. The van der Waals surface area contributed by atoms with Gasteiger partial charge in [-0.25, -0.2) is 0 Å². The molecule has 0 aliphatic heterocycles. The number of aryl methyl sites for hydroxylation is 3. The van der Waals surface area contributed by atoms with Crippen molar-refractivity contribution in [2.75, 3.05) is 0 Å². The summed E-state index contributed by atoms with van der Waals surface area (Å²) in [6, 6.07) is 4.46. The van der Waals surface area contributed by atoms with Crippen molar-refractivity contribution < 1.29 is 8.26 Å². The van der Waals surface area contributed by atoms with Crippen molar-refractivity contribution in [1.82, 2.24) is 0 Å². The SMILES string of the molecule is Cc1cc(C)c([PH3+])c(C)c1.[CH]1C=CC=C1.[I][Co][I]. The van der Waals surface area contributed by atoms with E-state index >= 15 is 0 Å². The first kappa shape index (κ1) is 19.1. The molecule has 1 unspecified atom stereocenters. The Hall–Kier alpha value is 1.10. The zero-order valence-corrected chi connectivity index (χ0v) is 17.6. The molecule has 0 bridgehead atoms. The van der Waals surface area contributed by atoms with Gasteiger partial charge in [0, 0.05) is 15.7 Å². The summed E-state index contributed by atoms with van der Waals surface area (Å²) in [5.41, 5.74) is 4.19. The molecule has 1 aliphatic rings. The van der Waals surface area contributed by atoms with Crippen molar-refractivity contribution in [2.45, 2.75) is 20.8 Å². The number of rotatable bonds is 0. The van der Waals surface area contributed by atoms with Gasteiger partial charge in [0.15, 0.2) is 0 Å². The summed E-state index contributed by atoms with van der Waals surface area (Å²) in [6.45, 7) is 6.48. The molecule has 0 amide bonds. The summed E-state index contributed by atoms with van der Waals surface area (Å²) >= 11 is 4.49. The summed E-state index contributed by atoms with van der Waals surface area (Å²) in [6.07, 6.45) is 10.0. The molecule has 4 heteroatoms. The van der Waals surface area contributed by atoms with E-state index in [1.807, 2.05) is 40.0 Å². The van der Waals surface area contributed by atoms with Gasteiger partial charge in [-0.3, -0.25) is 0 Å². The predicted molar refractivity (Wildman–Crippen MR) is 102 cm³/mol. The molecule has 1 radical (unpaired) electrons. The van der Waals surface area contributed by atoms with E-state index in [1.165, 1.54) is 30.3 Å². The molecule has 18 heavy (non-hydrogen) atoms. The van der Waals surface area contributed by atoms with Crippen LogP contribution < -0.4 is 5.30 Å². The van der Waals surface area contributed by atoms with Crippen molar-refractivity contribution in [1.29, 1.82) is 0 Å². The molecule has 0 aromatic heterocycles. The molecule has 0 nitrogen and oxygen atoms in total. The van der Waals surface area contributed by atoms with Gasteiger partial charge in [-0.1, -0.05) is 42.0 Å². The Morgan fingerprint density at radius 2 is 1.28 bits per heavy atom. The molecular formula is C14H19CoI2P+. The average Bonchev–Trinajstić information content (AvgIpc) is 2.85. The maximum atomic E-state index is 2.24. The molecule has 0 saturated heterocycles. The molecule has 0 fully saturated rings. The molecule has 102 valence electrons. The summed E-state index contributed by atoms with van der Waals surface area (Å²) in [5.74, 6) is 0. The van der Waals surface area contributed by atoms with E-state index in [-0.39, 0.29) is 0 Å². The first-order chi connectivity index (χ1) is 8.52. The first-order valence-electron chi connectivity index (χ1n) is 5.43. The third-order valence-corrected chi connectivity index (χ3v) is 3.51. The minimum atomic E-state index is 1.37. The van der Waals surface area contributed by atoms with Gasteiger partial charge in [-0.05, 0) is 31.9 Å². The number of hydrogen-bond donors (Lipinski definition) is 0. The summed E-state index contributed by atoms with van der Waals surface area (Å²) in [7, 11) is 3.35. The van der Waals surface area contributed by atoms with Gasteiger partial charge in [-0.15, -0.1) is 0 Å². The molecule has 0 heterocycles. The number of benzene rings is 1. The molecule has 0 saturated carbocycles. The minimum absolute atomic E-state index is 1.37. The normalized spacial score (nSPS) is 11.8.